The van der Waals surface area contributed by atoms with Crippen molar-refractivity contribution >= 4 is 39.1 Å². The third-order valence-corrected chi connectivity index (χ3v) is 5.83. The molecule has 0 aliphatic heterocycles. The first-order valence-electron chi connectivity index (χ1n) is 6.40. The minimum absolute atomic E-state index is 0.137. The molecule has 0 heterocycles. The van der Waals surface area contributed by atoms with Gasteiger partial charge in [-0.25, -0.2) is 0 Å². The van der Waals surface area contributed by atoms with Crippen molar-refractivity contribution < 1.29 is 4.74 Å². The standard InChI is InChI=1S/C14H18BrCl2NO/c1-4-14(2)12(18-3)7-13(14)19-11-6-9(16)8(15)5-10(11)17/h5-6,12-13,18H,4,7H2,1-3H3. The minimum Gasteiger partial charge on any atom is -0.488 e. The lowest BCUT2D eigenvalue weighted by Gasteiger charge is -2.53. The molecule has 3 atom stereocenters. The number of rotatable bonds is 4. The number of ether oxygens (including phenoxy) is 1. The number of halogens is 3. The summed E-state index contributed by atoms with van der Waals surface area (Å²) in [5.41, 5.74) is 0.137. The SMILES string of the molecule is CCC1(C)C(NC)CC1Oc1cc(Cl)c(Br)cc1Cl. The van der Waals surface area contributed by atoms with Gasteiger partial charge in [-0.05, 0) is 35.5 Å². The molecule has 3 unspecified atom stereocenters. The molecule has 1 aromatic carbocycles. The van der Waals surface area contributed by atoms with Crippen LogP contribution in [-0.2, 0) is 0 Å². The summed E-state index contributed by atoms with van der Waals surface area (Å²) in [5.74, 6) is 0.661. The molecule has 1 N–H and O–H groups in total. The molecule has 0 aromatic heterocycles. The molecule has 1 aromatic rings. The largest absolute Gasteiger partial charge is 0.488 e. The molecule has 5 heteroatoms. The Morgan fingerprint density at radius 2 is 2.11 bits per heavy atom. The zero-order valence-electron chi connectivity index (χ0n) is 11.3. The fourth-order valence-electron chi connectivity index (χ4n) is 2.67. The molecule has 0 spiro atoms. The van der Waals surface area contributed by atoms with Crippen LogP contribution in [0.15, 0.2) is 16.6 Å². The summed E-state index contributed by atoms with van der Waals surface area (Å²) in [7, 11) is 2.00. The van der Waals surface area contributed by atoms with Crippen LogP contribution in [0.2, 0.25) is 10.0 Å². The average Bonchev–Trinajstić information content (AvgIpc) is 2.38. The Balaban J connectivity index is 2.17. The lowest BCUT2D eigenvalue weighted by molar-refractivity contribution is -0.0676. The van der Waals surface area contributed by atoms with E-state index in [0.29, 0.717) is 21.8 Å². The van der Waals surface area contributed by atoms with E-state index >= 15 is 0 Å². The lowest BCUT2D eigenvalue weighted by Crippen LogP contribution is -2.62. The van der Waals surface area contributed by atoms with Crippen molar-refractivity contribution in [1.82, 2.24) is 5.32 Å². The number of hydrogen-bond acceptors (Lipinski definition) is 2. The van der Waals surface area contributed by atoms with Gasteiger partial charge in [-0.15, -0.1) is 0 Å². The van der Waals surface area contributed by atoms with Gasteiger partial charge in [-0.1, -0.05) is 37.0 Å². The molecule has 0 radical (unpaired) electrons. The van der Waals surface area contributed by atoms with E-state index in [1.54, 1.807) is 12.1 Å². The lowest BCUT2D eigenvalue weighted by atomic mass is 9.61. The summed E-state index contributed by atoms with van der Waals surface area (Å²) in [6, 6.07) is 4.04. The van der Waals surface area contributed by atoms with Crippen molar-refractivity contribution in [2.45, 2.75) is 38.8 Å². The van der Waals surface area contributed by atoms with Gasteiger partial charge in [0.2, 0.25) is 0 Å². The fraction of sp³-hybridized carbons (Fsp3) is 0.571. The summed E-state index contributed by atoms with van der Waals surface area (Å²) in [6.45, 7) is 4.44. The van der Waals surface area contributed by atoms with Gasteiger partial charge in [0, 0.05) is 28.4 Å². The van der Waals surface area contributed by atoms with Crippen molar-refractivity contribution in [2.24, 2.45) is 5.41 Å². The van der Waals surface area contributed by atoms with Gasteiger partial charge in [0.1, 0.15) is 11.9 Å². The van der Waals surface area contributed by atoms with E-state index in [4.69, 9.17) is 27.9 Å². The first kappa shape index (κ1) is 15.4. The Hall–Kier alpha value is 0.0400. The maximum absolute atomic E-state index is 6.20. The second kappa shape index (κ2) is 5.80. The zero-order valence-corrected chi connectivity index (χ0v) is 14.4. The summed E-state index contributed by atoms with van der Waals surface area (Å²) < 4.78 is 6.86. The first-order valence-corrected chi connectivity index (χ1v) is 7.95. The Labute approximate surface area is 132 Å². The van der Waals surface area contributed by atoms with E-state index in [0.717, 1.165) is 17.3 Å². The number of hydrogen-bond donors (Lipinski definition) is 1. The van der Waals surface area contributed by atoms with Crippen LogP contribution in [0.5, 0.6) is 5.75 Å². The molecule has 1 fully saturated rings. The molecule has 0 saturated heterocycles. The molecule has 1 aliphatic rings. The van der Waals surface area contributed by atoms with E-state index in [1.165, 1.54) is 0 Å². The van der Waals surface area contributed by atoms with Crippen LogP contribution in [0.1, 0.15) is 26.7 Å². The Morgan fingerprint density at radius 1 is 1.42 bits per heavy atom. The summed E-state index contributed by atoms with van der Waals surface area (Å²) in [4.78, 5) is 0. The molecule has 0 bridgehead atoms. The second-order valence-corrected chi connectivity index (χ2v) is 6.91. The molecule has 0 amide bonds. The monoisotopic (exact) mass is 365 g/mol. The van der Waals surface area contributed by atoms with Gasteiger partial charge in [-0.3, -0.25) is 0 Å². The smallest absolute Gasteiger partial charge is 0.139 e. The van der Waals surface area contributed by atoms with Crippen molar-refractivity contribution in [3.05, 3.63) is 26.7 Å². The van der Waals surface area contributed by atoms with Crippen molar-refractivity contribution in [3.63, 3.8) is 0 Å². The molecule has 2 rings (SSSR count). The highest BCUT2D eigenvalue weighted by atomic mass is 79.9. The van der Waals surface area contributed by atoms with Gasteiger partial charge in [0.05, 0.1) is 10.0 Å². The van der Waals surface area contributed by atoms with Crippen LogP contribution >= 0.6 is 39.1 Å². The average molecular weight is 367 g/mol. The predicted molar refractivity (Wildman–Crippen MR) is 84.4 cm³/mol. The third-order valence-electron chi connectivity index (χ3n) is 4.34. The van der Waals surface area contributed by atoms with Crippen LogP contribution in [0, 0.1) is 5.41 Å². The topological polar surface area (TPSA) is 21.3 Å². The minimum atomic E-state index is 0.137. The highest BCUT2D eigenvalue weighted by Gasteiger charge is 2.51. The van der Waals surface area contributed by atoms with Gasteiger partial charge < -0.3 is 10.1 Å². The Bertz CT molecular complexity index is 483. The van der Waals surface area contributed by atoms with Crippen LogP contribution < -0.4 is 10.1 Å². The molecular formula is C14H18BrCl2NO. The van der Waals surface area contributed by atoms with Crippen LogP contribution in [0.3, 0.4) is 0 Å². The molecular weight excluding hydrogens is 349 g/mol. The highest BCUT2D eigenvalue weighted by molar-refractivity contribution is 9.10. The van der Waals surface area contributed by atoms with E-state index in [2.05, 4.69) is 35.1 Å². The van der Waals surface area contributed by atoms with E-state index in [-0.39, 0.29) is 11.5 Å². The molecule has 2 nitrogen and oxygen atoms in total. The Morgan fingerprint density at radius 3 is 2.68 bits per heavy atom. The van der Waals surface area contributed by atoms with Gasteiger partial charge >= 0.3 is 0 Å². The van der Waals surface area contributed by atoms with E-state index < -0.39 is 0 Å². The van der Waals surface area contributed by atoms with Crippen molar-refractivity contribution in [1.29, 1.82) is 0 Å². The quantitative estimate of drug-likeness (QED) is 0.764. The summed E-state index contributed by atoms with van der Waals surface area (Å²) in [5, 5.41) is 4.55. The first-order chi connectivity index (χ1) is 8.92. The van der Waals surface area contributed by atoms with E-state index in [1.807, 2.05) is 7.05 Å². The second-order valence-electron chi connectivity index (χ2n) is 5.24. The van der Waals surface area contributed by atoms with Crippen LogP contribution in [0.25, 0.3) is 0 Å². The molecule has 1 saturated carbocycles. The number of benzene rings is 1. The van der Waals surface area contributed by atoms with Crippen molar-refractivity contribution in [3.8, 4) is 5.75 Å². The van der Waals surface area contributed by atoms with Crippen LogP contribution in [0.4, 0.5) is 0 Å². The maximum atomic E-state index is 6.20. The van der Waals surface area contributed by atoms with Gasteiger partial charge in [0.25, 0.3) is 0 Å². The Kier molecular flexibility index (Phi) is 4.71. The highest BCUT2D eigenvalue weighted by Crippen LogP contribution is 2.47. The third kappa shape index (κ3) is 2.76. The number of nitrogens with one attached hydrogen (secondary N) is 1. The van der Waals surface area contributed by atoms with E-state index in [9.17, 15) is 0 Å². The van der Waals surface area contributed by atoms with Gasteiger partial charge in [0.15, 0.2) is 0 Å². The van der Waals surface area contributed by atoms with Crippen LogP contribution in [-0.4, -0.2) is 19.2 Å². The normalized spacial score (nSPS) is 30.0. The predicted octanol–water partition coefficient (Wildman–Crippen LogP) is 4.91. The summed E-state index contributed by atoms with van der Waals surface area (Å²) in [6.07, 6.45) is 2.22. The molecule has 106 valence electrons. The molecule has 1 aliphatic carbocycles. The van der Waals surface area contributed by atoms with Gasteiger partial charge in [-0.2, -0.15) is 0 Å². The maximum Gasteiger partial charge on any atom is 0.139 e. The fourth-order valence-corrected chi connectivity index (χ4v) is 3.51. The summed E-state index contributed by atoms with van der Waals surface area (Å²) >= 11 is 15.6. The molecule has 19 heavy (non-hydrogen) atoms. The van der Waals surface area contributed by atoms with Crippen molar-refractivity contribution in [2.75, 3.05) is 7.05 Å². The zero-order chi connectivity index (χ0) is 14.2.